The van der Waals surface area contributed by atoms with E-state index in [4.69, 9.17) is 0 Å². The maximum atomic E-state index is 10.6. The molecule has 2 heteroatoms. The van der Waals surface area contributed by atoms with Crippen molar-refractivity contribution in [2.75, 3.05) is 0 Å². The minimum Gasteiger partial charge on any atom is -0.273 e. The van der Waals surface area contributed by atoms with E-state index in [9.17, 15) is 4.79 Å². The summed E-state index contributed by atoms with van der Waals surface area (Å²) in [6.45, 7) is 9.21. The average molecular weight is 179 g/mol. The summed E-state index contributed by atoms with van der Waals surface area (Å²) in [5.41, 5.74) is 2.18. The van der Waals surface area contributed by atoms with Crippen molar-refractivity contribution in [3.8, 4) is 0 Å². The number of hydrogen-bond acceptors (Lipinski definition) is 1. The Morgan fingerprint density at radius 1 is 1.46 bits per heavy atom. The van der Waals surface area contributed by atoms with Gasteiger partial charge in [0.15, 0.2) is 0 Å². The van der Waals surface area contributed by atoms with Crippen molar-refractivity contribution in [3.05, 3.63) is 23.8 Å². The van der Waals surface area contributed by atoms with Gasteiger partial charge in [-0.05, 0) is 24.5 Å². The predicted octanol–water partition coefficient (Wildman–Crippen LogP) is 2.91. The van der Waals surface area contributed by atoms with E-state index in [0.29, 0.717) is 0 Å². The molecular formula is C11H17NO. The Bertz CT molecular complexity index is 249. The highest BCUT2D eigenvalue weighted by Crippen LogP contribution is 2.09. The van der Waals surface area contributed by atoms with Gasteiger partial charge in [-0.25, -0.2) is 4.99 Å². The van der Waals surface area contributed by atoms with Gasteiger partial charge in [0.25, 0.3) is 0 Å². The summed E-state index contributed by atoms with van der Waals surface area (Å²) in [6.07, 6.45) is 5.42. The summed E-state index contributed by atoms with van der Waals surface area (Å²) in [4.78, 5) is 14.4. The molecule has 0 saturated heterocycles. The van der Waals surface area contributed by atoms with Gasteiger partial charge in [0.05, 0.1) is 0 Å². The molecule has 0 fully saturated rings. The van der Waals surface area contributed by atoms with Gasteiger partial charge in [0.1, 0.15) is 0 Å². The monoisotopic (exact) mass is 179 g/mol. The lowest BCUT2D eigenvalue weighted by molar-refractivity contribution is -0.115. The highest BCUT2D eigenvalue weighted by atomic mass is 16.1. The molecule has 0 N–H and O–H groups in total. The zero-order valence-corrected chi connectivity index (χ0v) is 8.63. The van der Waals surface area contributed by atoms with Crippen LogP contribution in [0.5, 0.6) is 0 Å². The molecule has 0 aliphatic carbocycles. The fourth-order valence-electron chi connectivity index (χ4n) is 0.933. The number of aliphatic imine (C=N–C) groups is 1. The van der Waals surface area contributed by atoms with E-state index in [0.717, 1.165) is 24.0 Å². The highest BCUT2D eigenvalue weighted by molar-refractivity contribution is 5.91. The Kier molecular flexibility index (Phi) is 5.77. The van der Waals surface area contributed by atoms with Crippen molar-refractivity contribution in [2.45, 2.75) is 33.6 Å². The second-order valence-corrected chi connectivity index (χ2v) is 2.94. The van der Waals surface area contributed by atoms with Crippen molar-refractivity contribution < 1.29 is 4.79 Å². The van der Waals surface area contributed by atoms with Crippen LogP contribution in [0.4, 0.5) is 0 Å². The Morgan fingerprint density at radius 3 is 2.46 bits per heavy atom. The second kappa shape index (κ2) is 6.35. The largest absolute Gasteiger partial charge is 0.273 e. The topological polar surface area (TPSA) is 29.4 Å². The van der Waals surface area contributed by atoms with Gasteiger partial charge in [0, 0.05) is 13.1 Å². The zero-order chi connectivity index (χ0) is 10.3. The van der Waals surface area contributed by atoms with Gasteiger partial charge in [-0.15, -0.1) is 0 Å². The Hall–Kier alpha value is -1.18. The SMILES string of the molecule is C=C/C(C)=C(\C=NC(C)=O)CCC. The van der Waals surface area contributed by atoms with Gasteiger partial charge in [0.2, 0.25) is 5.91 Å². The van der Waals surface area contributed by atoms with Crippen molar-refractivity contribution in [2.24, 2.45) is 4.99 Å². The van der Waals surface area contributed by atoms with Crippen LogP contribution in [0.3, 0.4) is 0 Å². The average Bonchev–Trinajstić information content (AvgIpc) is 2.10. The lowest BCUT2D eigenvalue weighted by Gasteiger charge is -2.01. The van der Waals surface area contributed by atoms with Gasteiger partial charge in [-0.3, -0.25) is 4.79 Å². The number of nitrogens with zero attached hydrogens (tertiary/aromatic N) is 1. The summed E-state index contributed by atoms with van der Waals surface area (Å²) in [5.74, 6) is -0.162. The predicted molar refractivity (Wildman–Crippen MR) is 57.0 cm³/mol. The van der Waals surface area contributed by atoms with Crippen molar-refractivity contribution in [1.82, 2.24) is 0 Å². The minimum atomic E-state index is -0.162. The standard InChI is InChI=1S/C11H17NO/c1-5-7-11(9(3)6-2)8-12-10(4)13/h6,8H,2,5,7H2,1,3-4H3/b11-9-,12-8?. The van der Waals surface area contributed by atoms with Gasteiger partial charge in [-0.1, -0.05) is 26.0 Å². The number of carbonyl (C=O) groups excluding carboxylic acids is 1. The normalized spacial score (nSPS) is 12.8. The second-order valence-electron chi connectivity index (χ2n) is 2.94. The van der Waals surface area contributed by atoms with Crippen LogP contribution in [0.25, 0.3) is 0 Å². The van der Waals surface area contributed by atoms with E-state index in [-0.39, 0.29) is 5.91 Å². The zero-order valence-electron chi connectivity index (χ0n) is 8.63. The van der Waals surface area contributed by atoms with E-state index in [1.165, 1.54) is 6.92 Å². The van der Waals surface area contributed by atoms with E-state index in [2.05, 4.69) is 18.5 Å². The quantitative estimate of drug-likeness (QED) is 0.482. The lowest BCUT2D eigenvalue weighted by atomic mass is 10.1. The van der Waals surface area contributed by atoms with Crippen LogP contribution in [0.15, 0.2) is 28.8 Å². The van der Waals surface area contributed by atoms with Crippen LogP contribution in [0.1, 0.15) is 33.6 Å². The van der Waals surface area contributed by atoms with Crippen LogP contribution in [0.2, 0.25) is 0 Å². The molecule has 0 spiro atoms. The van der Waals surface area contributed by atoms with Gasteiger partial charge >= 0.3 is 0 Å². The smallest absolute Gasteiger partial charge is 0.242 e. The van der Waals surface area contributed by atoms with Crippen LogP contribution >= 0.6 is 0 Å². The molecule has 0 rings (SSSR count). The molecule has 1 amide bonds. The van der Waals surface area contributed by atoms with Crippen LogP contribution in [0, 0.1) is 0 Å². The molecule has 72 valence electrons. The van der Waals surface area contributed by atoms with E-state index in [1.807, 2.05) is 6.92 Å². The van der Waals surface area contributed by atoms with E-state index in [1.54, 1.807) is 12.3 Å². The first-order valence-corrected chi connectivity index (χ1v) is 4.48. The molecule has 0 unspecified atom stereocenters. The third-order valence-electron chi connectivity index (χ3n) is 1.73. The highest BCUT2D eigenvalue weighted by Gasteiger charge is 1.96. The summed E-state index contributed by atoms with van der Waals surface area (Å²) in [7, 11) is 0. The summed E-state index contributed by atoms with van der Waals surface area (Å²) >= 11 is 0. The number of carbonyl (C=O) groups is 1. The number of amides is 1. The number of hydrogen-bond donors (Lipinski definition) is 0. The van der Waals surface area contributed by atoms with Crippen molar-refractivity contribution in [1.29, 1.82) is 0 Å². The Balaban J connectivity index is 4.61. The molecular weight excluding hydrogens is 162 g/mol. The molecule has 0 atom stereocenters. The maximum Gasteiger partial charge on any atom is 0.242 e. The molecule has 0 radical (unpaired) electrons. The van der Waals surface area contributed by atoms with Gasteiger partial charge < -0.3 is 0 Å². The third kappa shape index (κ3) is 5.12. The van der Waals surface area contributed by atoms with Crippen molar-refractivity contribution in [3.63, 3.8) is 0 Å². The molecule has 0 aromatic carbocycles. The molecule has 0 aromatic heterocycles. The first-order chi connectivity index (χ1) is 6.11. The third-order valence-corrected chi connectivity index (χ3v) is 1.73. The molecule has 0 bridgehead atoms. The summed E-state index contributed by atoms with van der Waals surface area (Å²) in [5, 5.41) is 0. The molecule has 0 aromatic rings. The minimum absolute atomic E-state index is 0.162. The Morgan fingerprint density at radius 2 is 2.08 bits per heavy atom. The fraction of sp³-hybridized carbons (Fsp3) is 0.455. The van der Waals surface area contributed by atoms with Crippen LogP contribution in [-0.4, -0.2) is 12.1 Å². The van der Waals surface area contributed by atoms with Gasteiger partial charge in [-0.2, -0.15) is 0 Å². The molecule has 0 saturated carbocycles. The van der Waals surface area contributed by atoms with Crippen LogP contribution in [-0.2, 0) is 4.79 Å². The summed E-state index contributed by atoms with van der Waals surface area (Å²) in [6, 6.07) is 0. The first-order valence-electron chi connectivity index (χ1n) is 4.48. The maximum absolute atomic E-state index is 10.6. The lowest BCUT2D eigenvalue weighted by Crippen LogP contribution is -1.92. The van der Waals surface area contributed by atoms with Crippen LogP contribution < -0.4 is 0 Å². The number of rotatable bonds is 4. The molecule has 2 nitrogen and oxygen atoms in total. The first kappa shape index (κ1) is 11.8. The van der Waals surface area contributed by atoms with Crippen molar-refractivity contribution >= 4 is 12.1 Å². The molecule has 0 aliphatic heterocycles. The fourth-order valence-corrected chi connectivity index (χ4v) is 0.933. The molecule has 0 aliphatic rings. The number of allylic oxidation sites excluding steroid dienone is 3. The molecule has 13 heavy (non-hydrogen) atoms. The van der Waals surface area contributed by atoms with E-state index < -0.39 is 0 Å². The van der Waals surface area contributed by atoms with E-state index >= 15 is 0 Å². The molecule has 0 heterocycles. The Labute approximate surface area is 80.1 Å². The summed E-state index contributed by atoms with van der Waals surface area (Å²) < 4.78 is 0.